The molecule has 0 aliphatic heterocycles. The molecule has 2 N–H and O–H groups in total. The summed E-state index contributed by atoms with van der Waals surface area (Å²) in [5.41, 5.74) is 1.16. The molecule has 0 aliphatic rings. The Morgan fingerprint density at radius 2 is 1.81 bits per heavy atom. The van der Waals surface area contributed by atoms with E-state index in [0.717, 1.165) is 11.8 Å². The maximum Gasteiger partial charge on any atom is 0.257 e. The number of nitrogens with one attached hydrogen (secondary N) is 2. The number of benzene rings is 2. The highest BCUT2D eigenvalue weighted by Gasteiger charge is 2.13. The number of anilines is 1. The molecule has 3 aromatic rings. The Morgan fingerprint density at radius 1 is 1.10 bits per heavy atom. The van der Waals surface area contributed by atoms with Crippen LogP contribution in [0.5, 0.6) is 17.2 Å². The molecule has 1 amide bonds. The van der Waals surface area contributed by atoms with Crippen LogP contribution in [0.2, 0.25) is 0 Å². The van der Waals surface area contributed by atoms with Crippen molar-refractivity contribution in [1.29, 1.82) is 0 Å². The zero-order valence-corrected chi connectivity index (χ0v) is 18.9. The summed E-state index contributed by atoms with van der Waals surface area (Å²) in [4.78, 5) is 16.7. The number of hydrogen-bond acceptors (Lipinski definition) is 7. The van der Waals surface area contributed by atoms with Gasteiger partial charge in [-0.3, -0.25) is 10.1 Å². The molecule has 2 aromatic carbocycles. The number of hydrogen-bond donors (Lipinski definition) is 2. The third-order valence-corrected chi connectivity index (χ3v) is 5.22. The second kappa shape index (κ2) is 9.90. The molecule has 3 rings (SSSR count). The van der Waals surface area contributed by atoms with Crippen LogP contribution in [0.15, 0.2) is 54.0 Å². The van der Waals surface area contributed by atoms with E-state index in [9.17, 15) is 13.2 Å². The van der Waals surface area contributed by atoms with Crippen LogP contribution in [-0.2, 0) is 16.6 Å². The minimum atomic E-state index is -3.26. The normalized spacial score (nSPS) is 11.4. The Morgan fingerprint density at radius 3 is 2.42 bits per heavy atom. The molecule has 164 valence electrons. The summed E-state index contributed by atoms with van der Waals surface area (Å²) in [6, 6.07) is 12.0. The first kappa shape index (κ1) is 22.7. The summed E-state index contributed by atoms with van der Waals surface area (Å²) < 4.78 is 36.6. The van der Waals surface area contributed by atoms with Gasteiger partial charge in [-0.1, -0.05) is 12.1 Å². The fourth-order valence-corrected chi connectivity index (χ4v) is 3.54. The van der Waals surface area contributed by atoms with E-state index in [2.05, 4.69) is 15.0 Å². The molecule has 31 heavy (non-hydrogen) atoms. The average molecular weight is 462 g/mol. The average Bonchev–Trinajstić information content (AvgIpc) is 3.19. The second-order valence-electron chi connectivity index (χ2n) is 6.99. The molecule has 0 spiro atoms. The Balaban J connectivity index is 1.78. The van der Waals surface area contributed by atoms with Gasteiger partial charge in [0.25, 0.3) is 5.91 Å². The lowest BCUT2D eigenvalue weighted by Crippen LogP contribution is -2.21. The largest absolute Gasteiger partial charge is 0.491 e. The van der Waals surface area contributed by atoms with Crippen molar-refractivity contribution < 1.29 is 22.7 Å². The SMILES string of the molecule is CC(C)Oc1cc(Oc2ccc(CNS(C)(=O)=O)cc2)cc(C(=O)Nc2nccs2)c1. The number of thiazole rings is 1. The highest BCUT2D eigenvalue weighted by molar-refractivity contribution is 7.88. The van der Waals surface area contributed by atoms with Gasteiger partial charge in [-0.05, 0) is 43.7 Å². The summed E-state index contributed by atoms with van der Waals surface area (Å²) in [5, 5.41) is 5.02. The molecule has 1 heterocycles. The Hall–Kier alpha value is -2.95. The highest BCUT2D eigenvalue weighted by atomic mass is 32.2. The van der Waals surface area contributed by atoms with Crippen LogP contribution in [-0.4, -0.2) is 31.7 Å². The third kappa shape index (κ3) is 7.35. The smallest absolute Gasteiger partial charge is 0.257 e. The van der Waals surface area contributed by atoms with Crippen LogP contribution in [0.4, 0.5) is 5.13 Å². The molecule has 0 saturated heterocycles. The van der Waals surface area contributed by atoms with Gasteiger partial charge in [0.2, 0.25) is 10.0 Å². The van der Waals surface area contributed by atoms with E-state index in [-0.39, 0.29) is 18.6 Å². The van der Waals surface area contributed by atoms with Gasteiger partial charge in [0.05, 0.1) is 12.4 Å². The summed E-state index contributed by atoms with van der Waals surface area (Å²) in [5.74, 6) is 1.16. The van der Waals surface area contributed by atoms with Gasteiger partial charge < -0.3 is 9.47 Å². The van der Waals surface area contributed by atoms with Crippen molar-refractivity contribution in [2.45, 2.75) is 26.5 Å². The summed E-state index contributed by atoms with van der Waals surface area (Å²) >= 11 is 1.33. The lowest BCUT2D eigenvalue weighted by molar-refractivity contribution is 0.102. The fraction of sp³-hybridized carbons (Fsp3) is 0.238. The molecule has 8 nitrogen and oxygen atoms in total. The van der Waals surface area contributed by atoms with Crippen molar-refractivity contribution in [2.75, 3.05) is 11.6 Å². The van der Waals surface area contributed by atoms with Crippen LogP contribution in [0.25, 0.3) is 0 Å². The fourth-order valence-electron chi connectivity index (χ4n) is 2.58. The van der Waals surface area contributed by atoms with Crippen LogP contribution in [0, 0.1) is 0 Å². The van der Waals surface area contributed by atoms with Gasteiger partial charge in [0.15, 0.2) is 5.13 Å². The molecule has 0 bridgehead atoms. The topological polar surface area (TPSA) is 107 Å². The number of aromatic nitrogens is 1. The molecule has 0 radical (unpaired) electrons. The van der Waals surface area contributed by atoms with Crippen LogP contribution in [0.1, 0.15) is 29.8 Å². The van der Waals surface area contributed by atoms with E-state index in [1.54, 1.807) is 54.0 Å². The van der Waals surface area contributed by atoms with E-state index in [4.69, 9.17) is 9.47 Å². The lowest BCUT2D eigenvalue weighted by atomic mass is 10.2. The van der Waals surface area contributed by atoms with Crippen LogP contribution in [0.3, 0.4) is 0 Å². The number of rotatable bonds is 9. The second-order valence-corrected chi connectivity index (χ2v) is 9.72. The van der Waals surface area contributed by atoms with Crippen molar-refractivity contribution in [3.8, 4) is 17.2 Å². The number of carbonyl (C=O) groups excluding carboxylic acids is 1. The van der Waals surface area contributed by atoms with E-state index in [0.29, 0.717) is 27.9 Å². The maximum absolute atomic E-state index is 12.6. The van der Waals surface area contributed by atoms with Gasteiger partial charge in [-0.2, -0.15) is 0 Å². The molecular weight excluding hydrogens is 438 g/mol. The summed E-state index contributed by atoms with van der Waals surface area (Å²) in [7, 11) is -3.26. The molecular formula is C21H23N3O5S2. The molecule has 0 fully saturated rings. The van der Waals surface area contributed by atoms with Crippen LogP contribution >= 0.6 is 11.3 Å². The first-order chi connectivity index (χ1) is 14.7. The van der Waals surface area contributed by atoms with Crippen LogP contribution < -0.4 is 19.5 Å². The van der Waals surface area contributed by atoms with Crippen molar-refractivity contribution in [3.05, 3.63) is 65.2 Å². The molecule has 0 unspecified atom stereocenters. The number of carbonyl (C=O) groups is 1. The summed E-state index contributed by atoms with van der Waals surface area (Å²) in [6.07, 6.45) is 2.65. The van der Waals surface area contributed by atoms with Crippen molar-refractivity contribution >= 4 is 32.4 Å². The standard InChI is InChI=1S/C21H23N3O5S2/c1-14(2)28-18-10-16(20(25)24-21-22-8-9-30-21)11-19(12-18)29-17-6-4-15(5-7-17)13-23-31(3,26)27/h4-12,14,23H,13H2,1-3H3,(H,22,24,25). The minimum absolute atomic E-state index is 0.0771. The van der Waals surface area contributed by atoms with E-state index in [1.165, 1.54) is 11.3 Å². The predicted octanol–water partition coefficient (Wildman–Crippen LogP) is 4.02. The Labute approximate surface area is 185 Å². The van der Waals surface area contributed by atoms with Gasteiger partial charge in [-0.25, -0.2) is 18.1 Å². The monoisotopic (exact) mass is 461 g/mol. The maximum atomic E-state index is 12.6. The van der Waals surface area contributed by atoms with Gasteiger partial charge in [-0.15, -0.1) is 11.3 Å². The Kier molecular flexibility index (Phi) is 7.26. The number of nitrogens with zero attached hydrogens (tertiary/aromatic N) is 1. The zero-order chi connectivity index (χ0) is 22.4. The Bertz CT molecular complexity index is 1130. The highest BCUT2D eigenvalue weighted by Crippen LogP contribution is 2.29. The zero-order valence-electron chi connectivity index (χ0n) is 17.3. The molecule has 10 heteroatoms. The predicted molar refractivity (Wildman–Crippen MR) is 120 cm³/mol. The first-order valence-electron chi connectivity index (χ1n) is 9.42. The third-order valence-electron chi connectivity index (χ3n) is 3.86. The summed E-state index contributed by atoms with van der Waals surface area (Å²) in [6.45, 7) is 3.98. The number of ether oxygens (including phenoxy) is 2. The van der Waals surface area contributed by atoms with E-state index < -0.39 is 10.0 Å². The van der Waals surface area contributed by atoms with Gasteiger partial charge in [0, 0.05) is 29.8 Å². The first-order valence-corrected chi connectivity index (χ1v) is 12.2. The van der Waals surface area contributed by atoms with E-state index in [1.807, 2.05) is 13.8 Å². The quantitative estimate of drug-likeness (QED) is 0.498. The van der Waals surface area contributed by atoms with Crippen molar-refractivity contribution in [3.63, 3.8) is 0 Å². The number of amides is 1. The molecule has 1 aromatic heterocycles. The number of sulfonamides is 1. The van der Waals surface area contributed by atoms with Crippen molar-refractivity contribution in [1.82, 2.24) is 9.71 Å². The van der Waals surface area contributed by atoms with Crippen molar-refractivity contribution in [2.24, 2.45) is 0 Å². The van der Waals surface area contributed by atoms with Gasteiger partial charge >= 0.3 is 0 Å². The van der Waals surface area contributed by atoms with E-state index >= 15 is 0 Å². The molecule has 0 aliphatic carbocycles. The molecule has 0 atom stereocenters. The lowest BCUT2D eigenvalue weighted by Gasteiger charge is -2.14. The minimum Gasteiger partial charge on any atom is -0.491 e. The van der Waals surface area contributed by atoms with Gasteiger partial charge in [0.1, 0.15) is 17.2 Å². The molecule has 0 saturated carbocycles.